The molecule has 0 bridgehead atoms. The highest BCUT2D eigenvalue weighted by molar-refractivity contribution is 5.45. The van der Waals surface area contributed by atoms with Crippen molar-refractivity contribution in [3.05, 3.63) is 47.5 Å². The van der Waals surface area contributed by atoms with Gasteiger partial charge in [-0.25, -0.2) is 0 Å². The smallest absolute Gasteiger partial charge is 0.231 e. The van der Waals surface area contributed by atoms with E-state index < -0.39 is 0 Å². The summed E-state index contributed by atoms with van der Waals surface area (Å²) < 4.78 is 21.7. The monoisotopic (exact) mass is 326 g/mol. The average Bonchev–Trinajstić information content (AvgIpc) is 3.22. The van der Waals surface area contributed by atoms with Gasteiger partial charge in [-0.3, -0.25) is 0 Å². The van der Waals surface area contributed by atoms with Crippen molar-refractivity contribution in [3.8, 4) is 23.0 Å². The fraction of sp³-hybridized carbons (Fsp3) is 0.400. The largest absolute Gasteiger partial charge is 0.454 e. The molecule has 0 fully saturated rings. The van der Waals surface area contributed by atoms with Gasteiger partial charge in [-0.2, -0.15) is 0 Å². The summed E-state index contributed by atoms with van der Waals surface area (Å²) >= 11 is 0. The van der Waals surface area contributed by atoms with Crippen LogP contribution in [0.15, 0.2) is 36.4 Å². The molecule has 0 N–H and O–H groups in total. The number of hydrogen-bond acceptors (Lipinski definition) is 4. The van der Waals surface area contributed by atoms with Crippen LogP contribution in [-0.2, 0) is 12.8 Å². The molecule has 0 aromatic heterocycles. The van der Waals surface area contributed by atoms with Gasteiger partial charge in [-0.1, -0.05) is 26.0 Å². The Labute approximate surface area is 142 Å². The maximum Gasteiger partial charge on any atom is 0.231 e. The van der Waals surface area contributed by atoms with Crippen LogP contribution >= 0.6 is 0 Å². The molecule has 0 spiro atoms. The van der Waals surface area contributed by atoms with Gasteiger partial charge < -0.3 is 18.9 Å². The lowest BCUT2D eigenvalue weighted by Gasteiger charge is -2.20. The van der Waals surface area contributed by atoms with E-state index >= 15 is 0 Å². The molecule has 2 heterocycles. The molecule has 2 aromatic rings. The Morgan fingerprint density at radius 2 is 1.08 bits per heavy atom. The van der Waals surface area contributed by atoms with Crippen LogP contribution in [-0.4, -0.2) is 13.6 Å². The van der Waals surface area contributed by atoms with Crippen molar-refractivity contribution in [2.45, 2.75) is 26.7 Å². The molecule has 2 atom stereocenters. The zero-order valence-corrected chi connectivity index (χ0v) is 14.1. The first-order valence-electron chi connectivity index (χ1n) is 8.46. The Bertz CT molecular complexity index is 677. The predicted molar refractivity (Wildman–Crippen MR) is 90.9 cm³/mol. The number of hydrogen-bond donors (Lipinski definition) is 0. The summed E-state index contributed by atoms with van der Waals surface area (Å²) in [5, 5.41) is 0. The second kappa shape index (κ2) is 6.27. The molecule has 126 valence electrons. The van der Waals surface area contributed by atoms with E-state index in [9.17, 15) is 0 Å². The van der Waals surface area contributed by atoms with Gasteiger partial charge in [0, 0.05) is 0 Å². The highest BCUT2D eigenvalue weighted by Gasteiger charge is 2.19. The van der Waals surface area contributed by atoms with Crippen molar-refractivity contribution in [3.63, 3.8) is 0 Å². The molecule has 4 rings (SSSR count). The summed E-state index contributed by atoms with van der Waals surface area (Å²) in [6.07, 6.45) is 2.06. The third-order valence-corrected chi connectivity index (χ3v) is 4.96. The average molecular weight is 326 g/mol. The van der Waals surface area contributed by atoms with Crippen molar-refractivity contribution >= 4 is 0 Å². The topological polar surface area (TPSA) is 36.9 Å². The van der Waals surface area contributed by atoms with E-state index in [1.54, 1.807) is 0 Å². The second-order valence-electron chi connectivity index (χ2n) is 6.74. The minimum Gasteiger partial charge on any atom is -0.454 e. The fourth-order valence-electron chi connectivity index (χ4n) is 3.28. The lowest BCUT2D eigenvalue weighted by molar-refractivity contribution is 0.173. The zero-order chi connectivity index (χ0) is 16.5. The maximum absolute atomic E-state index is 5.47. The van der Waals surface area contributed by atoms with Crippen LogP contribution in [0.25, 0.3) is 0 Å². The number of benzene rings is 2. The van der Waals surface area contributed by atoms with Crippen molar-refractivity contribution in [1.29, 1.82) is 0 Å². The van der Waals surface area contributed by atoms with Crippen LogP contribution < -0.4 is 18.9 Å². The molecule has 2 aromatic carbocycles. The Hall–Kier alpha value is -2.36. The minimum absolute atomic E-state index is 0.328. The van der Waals surface area contributed by atoms with Crippen LogP contribution in [0, 0.1) is 11.8 Å². The summed E-state index contributed by atoms with van der Waals surface area (Å²) in [7, 11) is 0. The number of fused-ring (bicyclic) bond motifs is 2. The first kappa shape index (κ1) is 15.2. The van der Waals surface area contributed by atoms with Gasteiger partial charge in [0.2, 0.25) is 13.6 Å². The fourth-order valence-corrected chi connectivity index (χ4v) is 3.28. The lowest BCUT2D eigenvalue weighted by atomic mass is 9.85. The predicted octanol–water partition coefficient (Wildman–Crippen LogP) is 4.20. The summed E-state index contributed by atoms with van der Waals surface area (Å²) in [4.78, 5) is 0. The first-order chi connectivity index (χ1) is 11.7. The molecular weight excluding hydrogens is 304 g/mol. The molecule has 4 heteroatoms. The van der Waals surface area contributed by atoms with Crippen LogP contribution in [0.3, 0.4) is 0 Å². The normalized spacial score (nSPS) is 16.9. The molecule has 4 nitrogen and oxygen atoms in total. The van der Waals surface area contributed by atoms with Gasteiger partial charge in [0.05, 0.1) is 0 Å². The summed E-state index contributed by atoms with van der Waals surface area (Å²) in [5.41, 5.74) is 2.59. The molecule has 0 radical (unpaired) electrons. The zero-order valence-electron chi connectivity index (χ0n) is 14.1. The summed E-state index contributed by atoms with van der Waals surface area (Å²) in [6.45, 7) is 5.27. The highest BCUT2D eigenvalue weighted by Crippen LogP contribution is 2.35. The Morgan fingerprint density at radius 1 is 0.667 bits per heavy atom. The Balaban J connectivity index is 1.40. The highest BCUT2D eigenvalue weighted by atomic mass is 16.7. The third kappa shape index (κ3) is 3.01. The maximum atomic E-state index is 5.47. The summed E-state index contributed by atoms with van der Waals surface area (Å²) in [5.74, 6) is 4.55. The molecule has 0 saturated carbocycles. The molecule has 0 aliphatic carbocycles. The minimum atomic E-state index is 0.328. The van der Waals surface area contributed by atoms with Crippen molar-refractivity contribution in [2.75, 3.05) is 13.6 Å². The van der Waals surface area contributed by atoms with Gasteiger partial charge >= 0.3 is 0 Å². The SMILES string of the molecule is C[C@H](Cc1ccc2c(c1)OCO2)[C@H](C)Cc1ccc2c(c1)OCO2. The molecular formula is C20H22O4. The first-order valence-corrected chi connectivity index (χ1v) is 8.46. The van der Waals surface area contributed by atoms with E-state index in [1.165, 1.54) is 11.1 Å². The van der Waals surface area contributed by atoms with Gasteiger partial charge in [-0.05, 0) is 60.1 Å². The van der Waals surface area contributed by atoms with Crippen molar-refractivity contribution in [2.24, 2.45) is 11.8 Å². The van der Waals surface area contributed by atoms with E-state index in [4.69, 9.17) is 18.9 Å². The van der Waals surface area contributed by atoms with Crippen molar-refractivity contribution < 1.29 is 18.9 Å². The van der Waals surface area contributed by atoms with Gasteiger partial charge in [0.15, 0.2) is 23.0 Å². The number of ether oxygens (including phenoxy) is 4. The molecule has 24 heavy (non-hydrogen) atoms. The Morgan fingerprint density at radius 3 is 1.54 bits per heavy atom. The molecule has 0 amide bonds. The van der Waals surface area contributed by atoms with Crippen LogP contribution in [0.5, 0.6) is 23.0 Å². The standard InChI is InChI=1S/C20H22O4/c1-13(7-15-3-5-17-19(9-15)23-11-21-17)14(2)8-16-4-6-18-20(10-16)24-12-22-18/h3-6,9-10,13-14H,7-8,11-12H2,1-2H3/t13-,14-/m1/s1. The molecule has 0 unspecified atom stereocenters. The van der Waals surface area contributed by atoms with E-state index in [-0.39, 0.29) is 0 Å². The quantitative estimate of drug-likeness (QED) is 0.825. The number of rotatable bonds is 5. The molecule has 2 aliphatic heterocycles. The lowest BCUT2D eigenvalue weighted by Crippen LogP contribution is -2.13. The van der Waals surface area contributed by atoms with Crippen molar-refractivity contribution in [1.82, 2.24) is 0 Å². The summed E-state index contributed by atoms with van der Waals surface area (Å²) in [6, 6.07) is 12.5. The van der Waals surface area contributed by atoms with E-state index in [1.807, 2.05) is 12.1 Å². The van der Waals surface area contributed by atoms with Gasteiger partial charge in [0.1, 0.15) is 0 Å². The Kier molecular flexibility index (Phi) is 3.97. The van der Waals surface area contributed by atoms with Crippen LogP contribution in [0.1, 0.15) is 25.0 Å². The van der Waals surface area contributed by atoms with E-state index in [0.717, 1.165) is 35.8 Å². The van der Waals surface area contributed by atoms with Gasteiger partial charge in [-0.15, -0.1) is 0 Å². The van der Waals surface area contributed by atoms with Crippen LogP contribution in [0.4, 0.5) is 0 Å². The molecule has 2 aliphatic rings. The van der Waals surface area contributed by atoms with Crippen LogP contribution in [0.2, 0.25) is 0 Å². The molecule has 0 saturated heterocycles. The van der Waals surface area contributed by atoms with E-state index in [2.05, 4.69) is 38.1 Å². The van der Waals surface area contributed by atoms with Gasteiger partial charge in [0.25, 0.3) is 0 Å². The third-order valence-electron chi connectivity index (χ3n) is 4.96. The second-order valence-corrected chi connectivity index (χ2v) is 6.74. The van der Waals surface area contributed by atoms with E-state index in [0.29, 0.717) is 25.4 Å².